The third-order valence-electron chi connectivity index (χ3n) is 3.63. The highest BCUT2D eigenvalue weighted by Gasteiger charge is 2.17. The van der Waals surface area contributed by atoms with Gasteiger partial charge in [0.25, 0.3) is 5.91 Å². The summed E-state index contributed by atoms with van der Waals surface area (Å²) in [6.07, 6.45) is 0.921. The van der Waals surface area contributed by atoms with Crippen molar-refractivity contribution in [2.45, 2.75) is 35.0 Å². The second-order valence-corrected chi connectivity index (χ2v) is 7.98. The second-order valence-electron chi connectivity index (χ2n) is 5.19. The smallest absolute Gasteiger partial charge is 0.251 e. The molecule has 0 fully saturated rings. The van der Waals surface area contributed by atoms with Crippen molar-refractivity contribution < 1.29 is 17.3 Å². The maximum absolute atomic E-state index is 12.5. The molecule has 1 N–H and O–H groups in total. The van der Waals surface area contributed by atoms with Gasteiger partial charge >= 0.3 is 0 Å². The van der Waals surface area contributed by atoms with E-state index in [1.54, 1.807) is 21.3 Å². The summed E-state index contributed by atoms with van der Waals surface area (Å²) in [6, 6.07) is 3.63. The zero-order chi connectivity index (χ0) is 19.4. The normalized spacial score (nSPS) is 11.2. The van der Waals surface area contributed by atoms with Gasteiger partial charge in [-0.1, -0.05) is 13.8 Å². The average molecular weight is 421 g/mol. The lowest BCUT2D eigenvalue weighted by Crippen LogP contribution is -2.30. The largest absolute Gasteiger partial charge is 0.352 e. The predicted molar refractivity (Wildman–Crippen MR) is 110 cm³/mol. The molecule has 0 radical (unpaired) electrons. The van der Waals surface area contributed by atoms with Gasteiger partial charge in [0, 0.05) is 48.2 Å². The highest BCUT2D eigenvalue weighted by molar-refractivity contribution is 7.99. The van der Waals surface area contributed by atoms with Crippen molar-refractivity contribution in [3.63, 3.8) is 0 Å². The second kappa shape index (κ2) is 13.7. The number of carbonyl (C=O) groups is 1. The first-order valence-electron chi connectivity index (χ1n) is 8.41. The fourth-order valence-corrected chi connectivity index (χ4v) is 4.33. The Morgan fingerprint density at radius 2 is 1.54 bits per heavy atom. The lowest BCUT2D eigenvalue weighted by Gasteiger charge is -2.18. The molecule has 0 saturated heterocycles. The van der Waals surface area contributed by atoms with Gasteiger partial charge in [-0.15, -0.1) is 0 Å². The van der Waals surface area contributed by atoms with Crippen molar-refractivity contribution in [2.75, 3.05) is 47.5 Å². The monoisotopic (exact) mass is 420 g/mol. The summed E-state index contributed by atoms with van der Waals surface area (Å²) in [4.78, 5) is 17.4. The molecule has 1 aromatic rings. The lowest BCUT2D eigenvalue weighted by molar-refractivity contribution is 0.0951. The summed E-state index contributed by atoms with van der Waals surface area (Å²) < 4.78 is 15.6. The van der Waals surface area contributed by atoms with E-state index in [1.165, 1.54) is 36.1 Å². The van der Waals surface area contributed by atoms with E-state index >= 15 is 0 Å². The van der Waals surface area contributed by atoms with Gasteiger partial charge in [0.1, 0.15) is 0 Å². The molecule has 0 unspecified atom stereocenters. The van der Waals surface area contributed by atoms with Gasteiger partial charge in [-0.25, -0.2) is 0 Å². The van der Waals surface area contributed by atoms with Gasteiger partial charge in [0.05, 0.1) is 36.0 Å². The van der Waals surface area contributed by atoms with Crippen LogP contribution in [0.5, 0.6) is 0 Å². The summed E-state index contributed by atoms with van der Waals surface area (Å²) in [5, 5.41) is 2.99. The van der Waals surface area contributed by atoms with Gasteiger partial charge in [-0.2, -0.15) is 0 Å². The van der Waals surface area contributed by atoms with E-state index < -0.39 is 0 Å². The zero-order valence-corrected chi connectivity index (χ0v) is 18.4. The molecule has 0 spiro atoms. The van der Waals surface area contributed by atoms with Gasteiger partial charge < -0.3 is 22.8 Å². The Morgan fingerprint density at radius 3 is 2.00 bits per heavy atom. The number of benzene rings is 1. The average Bonchev–Trinajstić information content (AvgIpc) is 2.64. The number of amides is 1. The Bertz CT molecular complexity index is 530. The molecule has 0 saturated carbocycles. The Labute approximate surface area is 169 Å². The van der Waals surface area contributed by atoms with Crippen LogP contribution in [0.25, 0.3) is 0 Å². The summed E-state index contributed by atoms with van der Waals surface area (Å²) in [5.41, 5.74) is 0.576. The van der Waals surface area contributed by atoms with Gasteiger partial charge in [-0.3, -0.25) is 4.79 Å². The zero-order valence-electron chi connectivity index (χ0n) is 16.0. The third-order valence-corrected chi connectivity index (χ3v) is 5.99. The molecule has 0 bridgehead atoms. The van der Waals surface area contributed by atoms with Crippen LogP contribution in [0.4, 0.5) is 0 Å². The minimum Gasteiger partial charge on any atom is -0.352 e. The van der Waals surface area contributed by atoms with Crippen molar-refractivity contribution in [3.8, 4) is 0 Å². The Hall–Kier alpha value is -0.420. The van der Waals surface area contributed by atoms with E-state index in [2.05, 4.69) is 24.1 Å². The Balaban J connectivity index is 2.84. The van der Waals surface area contributed by atoms with E-state index in [1.807, 2.05) is 12.1 Å². The van der Waals surface area contributed by atoms with Gasteiger partial charge in [0.15, 0.2) is 0 Å². The molecule has 0 heterocycles. The number of nitrogens with one attached hydrogen (secondary N) is 1. The first-order valence-corrected chi connectivity index (χ1v) is 10.6. The summed E-state index contributed by atoms with van der Waals surface area (Å²) in [7, 11) is 4.79. The van der Waals surface area contributed by atoms with Crippen molar-refractivity contribution in [3.05, 3.63) is 17.7 Å². The number of hydrogen-bond acceptors (Lipinski definition) is 8. The van der Waals surface area contributed by atoms with Crippen molar-refractivity contribution in [2.24, 2.45) is 0 Å². The van der Waals surface area contributed by atoms with Crippen LogP contribution in [-0.2, 0) is 12.5 Å². The lowest BCUT2D eigenvalue weighted by atomic mass is 10.2. The summed E-state index contributed by atoms with van der Waals surface area (Å²) >= 11 is 3.61. The molecule has 9 heteroatoms. The van der Waals surface area contributed by atoms with E-state index in [0.717, 1.165) is 40.7 Å². The van der Waals surface area contributed by atoms with Crippen LogP contribution in [0, 0.1) is 0 Å². The van der Waals surface area contributed by atoms with Crippen LogP contribution in [0.3, 0.4) is 0 Å². The Morgan fingerprint density at radius 1 is 1.00 bits per heavy atom. The molecule has 0 aliphatic heterocycles. The molecular formula is C17H28N2O4S3. The van der Waals surface area contributed by atoms with Crippen molar-refractivity contribution >= 4 is 42.0 Å². The molecule has 1 rings (SSSR count). The van der Waals surface area contributed by atoms with E-state index in [0.29, 0.717) is 12.1 Å². The van der Waals surface area contributed by atoms with Crippen LogP contribution in [0.2, 0.25) is 0 Å². The van der Waals surface area contributed by atoms with Crippen LogP contribution in [0.1, 0.15) is 30.6 Å². The molecule has 26 heavy (non-hydrogen) atoms. The Kier molecular flexibility index (Phi) is 12.4. The number of nitrogens with zero attached hydrogens (tertiary/aromatic N) is 1. The predicted octanol–water partition coefficient (Wildman–Crippen LogP) is 4.11. The number of hydrogen-bond donors (Lipinski definition) is 1. The van der Waals surface area contributed by atoms with Crippen LogP contribution in [-0.4, -0.2) is 58.3 Å². The van der Waals surface area contributed by atoms with E-state index in [9.17, 15) is 4.79 Å². The highest BCUT2D eigenvalue weighted by Crippen LogP contribution is 2.40. The highest BCUT2D eigenvalue weighted by atomic mass is 32.2. The maximum Gasteiger partial charge on any atom is 0.251 e. The first-order chi connectivity index (χ1) is 12.6. The molecule has 0 aliphatic rings. The SMILES string of the molecule is CCN(CC)CCCNC(=O)c1cc(SOC)c(SOC)c(SOC)c1. The topological polar surface area (TPSA) is 60.0 Å². The molecule has 148 valence electrons. The molecule has 0 aliphatic carbocycles. The maximum atomic E-state index is 12.5. The molecule has 0 atom stereocenters. The fourth-order valence-electron chi connectivity index (χ4n) is 2.32. The van der Waals surface area contributed by atoms with E-state index in [4.69, 9.17) is 12.5 Å². The summed E-state index contributed by atoms with van der Waals surface area (Å²) in [5.74, 6) is -0.102. The van der Waals surface area contributed by atoms with Gasteiger partial charge in [0.2, 0.25) is 0 Å². The van der Waals surface area contributed by atoms with E-state index in [-0.39, 0.29) is 5.91 Å². The summed E-state index contributed by atoms with van der Waals surface area (Å²) in [6.45, 7) is 7.96. The number of carbonyl (C=O) groups excluding carboxylic acids is 1. The van der Waals surface area contributed by atoms with Crippen molar-refractivity contribution in [1.82, 2.24) is 10.2 Å². The minimum atomic E-state index is -0.102. The molecule has 0 aromatic heterocycles. The standard InChI is InChI=1S/C17H28N2O4S3/c1-6-19(7-2)10-8-9-18-17(20)13-11-14(24-21-3)16(26-23-5)15(12-13)25-22-4/h11-12H,6-10H2,1-5H3,(H,18,20). The third kappa shape index (κ3) is 7.67. The minimum absolute atomic E-state index is 0.102. The van der Waals surface area contributed by atoms with Crippen LogP contribution in [0.15, 0.2) is 26.8 Å². The molecule has 6 nitrogen and oxygen atoms in total. The van der Waals surface area contributed by atoms with Gasteiger partial charge in [-0.05, 0) is 38.2 Å². The van der Waals surface area contributed by atoms with Crippen LogP contribution < -0.4 is 5.32 Å². The van der Waals surface area contributed by atoms with Crippen molar-refractivity contribution in [1.29, 1.82) is 0 Å². The molecule has 1 aromatic carbocycles. The quantitative estimate of drug-likeness (QED) is 0.378. The van der Waals surface area contributed by atoms with Crippen LogP contribution >= 0.6 is 36.1 Å². The molecular weight excluding hydrogens is 392 g/mol. The molecule has 1 amide bonds. The fraction of sp³-hybridized carbons (Fsp3) is 0.588. The first kappa shape index (κ1) is 23.6. The number of rotatable bonds is 13.